The molecule has 1 N–H and O–H groups in total. The van der Waals surface area contributed by atoms with Crippen LogP contribution in [-0.2, 0) is 21.4 Å². The minimum atomic E-state index is -4.01. The molecule has 0 aliphatic heterocycles. The highest BCUT2D eigenvalue weighted by Gasteiger charge is 2.27. The molecule has 0 radical (unpaired) electrons. The van der Waals surface area contributed by atoms with Gasteiger partial charge in [-0.2, -0.15) is 0 Å². The Morgan fingerprint density at radius 1 is 0.778 bits per heavy atom. The monoisotopic (exact) mass is 502 g/mol. The number of rotatable bonds is 10. The number of para-hydroxylation sites is 1. The van der Waals surface area contributed by atoms with Gasteiger partial charge in [0, 0.05) is 5.69 Å². The summed E-state index contributed by atoms with van der Waals surface area (Å²) in [7, 11) is -2.50. The van der Waals surface area contributed by atoms with Crippen LogP contribution in [0.2, 0.25) is 0 Å². The Kier molecular flexibility index (Phi) is 7.87. The van der Waals surface area contributed by atoms with Gasteiger partial charge in [0.2, 0.25) is 5.91 Å². The summed E-state index contributed by atoms with van der Waals surface area (Å²) in [5.74, 6) is 0.716. The molecule has 0 aromatic heterocycles. The molecule has 0 heterocycles. The van der Waals surface area contributed by atoms with Crippen LogP contribution in [0.1, 0.15) is 5.56 Å². The topological polar surface area (TPSA) is 84.9 Å². The van der Waals surface area contributed by atoms with Crippen LogP contribution >= 0.6 is 0 Å². The summed E-state index contributed by atoms with van der Waals surface area (Å²) in [6, 6.07) is 31.3. The highest BCUT2D eigenvalue weighted by Crippen LogP contribution is 2.25. The van der Waals surface area contributed by atoms with Gasteiger partial charge >= 0.3 is 0 Å². The molecule has 184 valence electrons. The van der Waals surface area contributed by atoms with Crippen LogP contribution in [0.15, 0.2) is 114 Å². The lowest BCUT2D eigenvalue weighted by Gasteiger charge is -2.24. The zero-order valence-electron chi connectivity index (χ0n) is 19.7. The number of sulfonamides is 1. The first-order valence-electron chi connectivity index (χ1n) is 11.2. The van der Waals surface area contributed by atoms with Crippen LogP contribution in [0.4, 0.5) is 11.4 Å². The van der Waals surface area contributed by atoms with Gasteiger partial charge in [0.05, 0.1) is 17.7 Å². The molecule has 4 rings (SSSR count). The van der Waals surface area contributed by atoms with Crippen molar-refractivity contribution in [2.75, 3.05) is 23.3 Å². The minimum absolute atomic E-state index is 0.0554. The van der Waals surface area contributed by atoms with Gasteiger partial charge < -0.3 is 14.8 Å². The third kappa shape index (κ3) is 6.22. The van der Waals surface area contributed by atoms with E-state index in [1.165, 1.54) is 19.2 Å². The zero-order valence-corrected chi connectivity index (χ0v) is 20.5. The molecule has 0 aliphatic rings. The van der Waals surface area contributed by atoms with E-state index >= 15 is 0 Å². The number of methoxy groups -OCH3 is 1. The normalized spacial score (nSPS) is 10.9. The number of benzene rings is 4. The number of anilines is 2. The van der Waals surface area contributed by atoms with E-state index in [1.807, 2.05) is 30.3 Å². The van der Waals surface area contributed by atoms with E-state index in [0.29, 0.717) is 29.5 Å². The summed E-state index contributed by atoms with van der Waals surface area (Å²) in [6.07, 6.45) is 0. The quantitative estimate of drug-likeness (QED) is 0.326. The van der Waals surface area contributed by atoms with Crippen molar-refractivity contribution < 1.29 is 22.7 Å². The van der Waals surface area contributed by atoms with Gasteiger partial charge in [-0.05, 0) is 66.2 Å². The largest absolute Gasteiger partial charge is 0.497 e. The first kappa shape index (κ1) is 24.8. The van der Waals surface area contributed by atoms with Gasteiger partial charge in [-0.3, -0.25) is 9.10 Å². The smallest absolute Gasteiger partial charge is 0.264 e. The highest BCUT2D eigenvalue weighted by molar-refractivity contribution is 7.92. The molecule has 0 saturated carbocycles. The summed E-state index contributed by atoms with van der Waals surface area (Å²) in [5.41, 5.74) is 1.96. The van der Waals surface area contributed by atoms with Gasteiger partial charge in [-0.1, -0.05) is 48.5 Å². The SMILES string of the molecule is COc1ccc(S(=O)(=O)N(CC(=O)Nc2ccc(OCc3ccccc3)cc2)c2ccccc2)cc1. The summed E-state index contributed by atoms with van der Waals surface area (Å²) in [4.78, 5) is 13.0. The lowest BCUT2D eigenvalue weighted by atomic mass is 10.2. The summed E-state index contributed by atoms with van der Waals surface area (Å²) in [6.45, 7) is 0.0342. The van der Waals surface area contributed by atoms with Gasteiger partial charge in [0.1, 0.15) is 24.7 Å². The lowest BCUT2D eigenvalue weighted by molar-refractivity contribution is -0.114. The standard InChI is InChI=1S/C28H26N2O5S/c1-34-25-16-18-27(19-17-25)36(32,33)30(24-10-6-3-7-11-24)20-28(31)29-23-12-14-26(15-13-23)35-21-22-8-4-2-5-9-22/h2-19H,20-21H2,1H3,(H,29,31). The second kappa shape index (κ2) is 11.4. The van der Waals surface area contributed by atoms with Crippen LogP contribution in [0.5, 0.6) is 11.5 Å². The second-order valence-electron chi connectivity index (χ2n) is 7.87. The Labute approximate surface area is 211 Å². The lowest BCUT2D eigenvalue weighted by Crippen LogP contribution is -2.38. The number of hydrogen-bond acceptors (Lipinski definition) is 5. The molecular weight excluding hydrogens is 476 g/mol. The fourth-order valence-corrected chi connectivity index (χ4v) is 4.91. The van der Waals surface area contributed by atoms with Crippen LogP contribution in [0, 0.1) is 0 Å². The highest BCUT2D eigenvalue weighted by atomic mass is 32.2. The van der Waals surface area contributed by atoms with E-state index in [2.05, 4.69) is 5.32 Å². The van der Waals surface area contributed by atoms with E-state index in [9.17, 15) is 13.2 Å². The molecule has 0 fully saturated rings. The predicted octanol–water partition coefficient (Wildman–Crippen LogP) is 5.11. The first-order valence-corrected chi connectivity index (χ1v) is 12.7. The van der Waals surface area contributed by atoms with Crippen molar-refractivity contribution in [1.29, 1.82) is 0 Å². The van der Waals surface area contributed by atoms with Crippen molar-refractivity contribution in [1.82, 2.24) is 0 Å². The third-order valence-corrected chi connectivity index (χ3v) is 7.15. The summed E-state index contributed by atoms with van der Waals surface area (Å²) in [5, 5.41) is 2.76. The molecule has 4 aromatic rings. The number of carbonyl (C=O) groups is 1. The van der Waals surface area contributed by atoms with Crippen molar-refractivity contribution in [3.8, 4) is 11.5 Å². The number of carbonyl (C=O) groups excluding carboxylic acids is 1. The van der Waals surface area contributed by atoms with E-state index in [-0.39, 0.29) is 4.90 Å². The van der Waals surface area contributed by atoms with Gasteiger partial charge in [0.25, 0.3) is 10.0 Å². The van der Waals surface area contributed by atoms with Crippen molar-refractivity contribution in [2.24, 2.45) is 0 Å². The van der Waals surface area contributed by atoms with E-state index in [0.717, 1.165) is 9.87 Å². The van der Waals surface area contributed by atoms with Gasteiger partial charge in [-0.25, -0.2) is 8.42 Å². The van der Waals surface area contributed by atoms with Crippen molar-refractivity contribution in [3.05, 3.63) is 115 Å². The Bertz CT molecular complexity index is 1380. The van der Waals surface area contributed by atoms with Crippen LogP contribution < -0.4 is 19.1 Å². The number of nitrogens with one attached hydrogen (secondary N) is 1. The molecule has 7 nitrogen and oxygen atoms in total. The molecular formula is C28H26N2O5S. The predicted molar refractivity (Wildman–Crippen MR) is 140 cm³/mol. The summed E-state index contributed by atoms with van der Waals surface area (Å²) < 4.78 is 38.9. The zero-order chi connectivity index (χ0) is 25.4. The molecule has 4 aromatic carbocycles. The van der Waals surface area contributed by atoms with Crippen molar-refractivity contribution >= 4 is 27.3 Å². The Morgan fingerprint density at radius 2 is 1.36 bits per heavy atom. The van der Waals surface area contributed by atoms with E-state index in [1.54, 1.807) is 66.7 Å². The summed E-state index contributed by atoms with van der Waals surface area (Å²) >= 11 is 0. The van der Waals surface area contributed by atoms with Crippen LogP contribution in [-0.4, -0.2) is 28.0 Å². The number of nitrogens with zero attached hydrogens (tertiary/aromatic N) is 1. The second-order valence-corrected chi connectivity index (χ2v) is 9.73. The van der Waals surface area contributed by atoms with Gasteiger partial charge in [-0.15, -0.1) is 0 Å². The molecule has 1 amide bonds. The Balaban J connectivity index is 1.46. The Hall–Kier alpha value is -4.30. The molecule has 0 bridgehead atoms. The van der Waals surface area contributed by atoms with E-state index in [4.69, 9.17) is 9.47 Å². The van der Waals surface area contributed by atoms with Crippen molar-refractivity contribution in [3.63, 3.8) is 0 Å². The fourth-order valence-electron chi connectivity index (χ4n) is 3.49. The van der Waals surface area contributed by atoms with Crippen molar-refractivity contribution in [2.45, 2.75) is 11.5 Å². The molecule has 0 atom stereocenters. The molecule has 0 spiro atoms. The van der Waals surface area contributed by atoms with Crippen LogP contribution in [0.3, 0.4) is 0 Å². The number of ether oxygens (including phenoxy) is 2. The fraction of sp³-hybridized carbons (Fsp3) is 0.107. The molecule has 36 heavy (non-hydrogen) atoms. The Morgan fingerprint density at radius 3 is 1.97 bits per heavy atom. The molecule has 8 heteroatoms. The minimum Gasteiger partial charge on any atom is -0.497 e. The van der Waals surface area contributed by atoms with Gasteiger partial charge in [0.15, 0.2) is 0 Å². The number of hydrogen-bond donors (Lipinski definition) is 1. The maximum atomic E-state index is 13.4. The molecule has 0 unspecified atom stereocenters. The van der Waals surface area contributed by atoms with Crippen LogP contribution in [0.25, 0.3) is 0 Å². The maximum absolute atomic E-state index is 13.4. The maximum Gasteiger partial charge on any atom is 0.264 e. The average Bonchev–Trinajstić information content (AvgIpc) is 2.92. The average molecular weight is 503 g/mol. The third-order valence-electron chi connectivity index (χ3n) is 5.37. The van der Waals surface area contributed by atoms with E-state index < -0.39 is 22.5 Å². The first-order chi connectivity index (χ1) is 17.5. The number of amides is 1. The molecule has 0 saturated heterocycles. The molecule has 0 aliphatic carbocycles.